The Balaban J connectivity index is 1.55. The highest BCUT2D eigenvalue weighted by Gasteiger charge is 2.04. The molecule has 0 aliphatic rings. The van der Waals surface area contributed by atoms with Crippen molar-refractivity contribution in [2.75, 3.05) is 0 Å². The first-order valence-corrected chi connectivity index (χ1v) is 8.28. The van der Waals surface area contributed by atoms with E-state index in [1.165, 1.54) is 0 Å². The molecule has 1 aromatic heterocycles. The van der Waals surface area contributed by atoms with Gasteiger partial charge in [-0.15, -0.1) is 0 Å². The summed E-state index contributed by atoms with van der Waals surface area (Å²) in [7, 11) is 0. The Bertz CT molecular complexity index is 800. The monoisotopic (exact) mass is 357 g/mol. The molecule has 0 aliphatic heterocycles. The van der Waals surface area contributed by atoms with Gasteiger partial charge in [-0.2, -0.15) is 0 Å². The van der Waals surface area contributed by atoms with Gasteiger partial charge >= 0.3 is 0 Å². The van der Waals surface area contributed by atoms with E-state index in [4.69, 9.17) is 33.0 Å². The van der Waals surface area contributed by atoms with Gasteiger partial charge in [0.2, 0.25) is 0 Å². The quantitative estimate of drug-likeness (QED) is 0.631. The van der Waals surface area contributed by atoms with Crippen LogP contribution in [0.1, 0.15) is 16.9 Å². The average molecular weight is 358 g/mol. The van der Waals surface area contributed by atoms with Gasteiger partial charge in [0.1, 0.15) is 23.1 Å². The molecular formula is C19H16ClNO2S. The number of thiocarbonyl (C=S) groups is 1. The molecular weight excluding hydrogens is 342 g/mol. The lowest BCUT2D eigenvalue weighted by Gasteiger charge is -2.10. The second-order valence-corrected chi connectivity index (χ2v) is 5.98. The summed E-state index contributed by atoms with van der Waals surface area (Å²) in [5.41, 5.74) is 1.89. The predicted octanol–water partition coefficient (Wildman–Crippen LogP) is 4.98. The van der Waals surface area contributed by atoms with E-state index < -0.39 is 0 Å². The number of rotatable bonds is 6. The van der Waals surface area contributed by atoms with Gasteiger partial charge in [-0.1, -0.05) is 42.0 Å². The molecule has 2 aromatic carbocycles. The lowest BCUT2D eigenvalue weighted by molar-refractivity contribution is 0.306. The third kappa shape index (κ3) is 4.37. The second-order valence-electron chi connectivity index (χ2n) is 5.17. The van der Waals surface area contributed by atoms with Gasteiger partial charge in [-0.3, -0.25) is 0 Å². The Morgan fingerprint density at radius 3 is 2.54 bits per heavy atom. The normalized spacial score (nSPS) is 10.4. The highest BCUT2D eigenvalue weighted by molar-refractivity contribution is 7.80. The maximum atomic E-state index is 6.12. The Labute approximate surface area is 151 Å². The summed E-state index contributed by atoms with van der Waals surface area (Å²) in [6.45, 7) is 0.997. The minimum atomic E-state index is 0.431. The average Bonchev–Trinajstić information content (AvgIpc) is 3.13. The molecule has 1 heterocycles. The molecule has 0 fully saturated rings. The Morgan fingerprint density at radius 1 is 1.04 bits per heavy atom. The van der Waals surface area contributed by atoms with Crippen molar-refractivity contribution in [3.05, 3.63) is 88.8 Å². The summed E-state index contributed by atoms with van der Waals surface area (Å²) in [6.07, 6.45) is 1.64. The molecule has 0 radical (unpaired) electrons. The minimum absolute atomic E-state index is 0.431. The molecule has 0 saturated carbocycles. The van der Waals surface area contributed by atoms with Crippen LogP contribution in [0.2, 0.25) is 5.02 Å². The highest BCUT2D eigenvalue weighted by Crippen LogP contribution is 2.19. The number of halogens is 1. The summed E-state index contributed by atoms with van der Waals surface area (Å²) in [4.78, 5) is 0.670. The van der Waals surface area contributed by atoms with Gasteiger partial charge in [-0.05, 0) is 42.5 Å². The van der Waals surface area contributed by atoms with Crippen molar-refractivity contribution in [1.82, 2.24) is 5.32 Å². The summed E-state index contributed by atoms with van der Waals surface area (Å²) >= 11 is 11.5. The van der Waals surface area contributed by atoms with E-state index in [1.54, 1.807) is 6.26 Å². The van der Waals surface area contributed by atoms with E-state index in [0.717, 1.165) is 22.6 Å². The zero-order chi connectivity index (χ0) is 16.8. The van der Waals surface area contributed by atoms with Crippen molar-refractivity contribution in [2.24, 2.45) is 0 Å². The smallest absolute Gasteiger partial charge is 0.122 e. The van der Waals surface area contributed by atoms with Crippen LogP contribution in [0.4, 0.5) is 0 Å². The molecule has 3 aromatic rings. The van der Waals surface area contributed by atoms with Crippen molar-refractivity contribution in [3.63, 3.8) is 0 Å². The van der Waals surface area contributed by atoms with Crippen molar-refractivity contribution < 1.29 is 9.15 Å². The fourth-order valence-corrected chi connectivity index (χ4v) is 2.56. The number of hydrogen-bond donors (Lipinski definition) is 1. The number of ether oxygens (including phenoxy) is 1. The first kappa shape index (κ1) is 16.6. The van der Waals surface area contributed by atoms with Crippen LogP contribution in [0.25, 0.3) is 0 Å². The van der Waals surface area contributed by atoms with E-state index in [-0.39, 0.29) is 0 Å². The van der Waals surface area contributed by atoms with E-state index in [2.05, 4.69) is 5.32 Å². The Hall–Kier alpha value is -2.30. The summed E-state index contributed by atoms with van der Waals surface area (Å²) in [5.74, 6) is 1.62. The van der Waals surface area contributed by atoms with Gasteiger partial charge in [-0.25, -0.2) is 0 Å². The maximum Gasteiger partial charge on any atom is 0.122 e. The number of hydrogen-bond acceptors (Lipinski definition) is 3. The third-order valence-electron chi connectivity index (χ3n) is 3.47. The molecule has 0 spiro atoms. The van der Waals surface area contributed by atoms with Crippen LogP contribution in [0.3, 0.4) is 0 Å². The predicted molar refractivity (Wildman–Crippen MR) is 99.5 cm³/mol. The fourth-order valence-electron chi connectivity index (χ4n) is 2.16. The van der Waals surface area contributed by atoms with Gasteiger partial charge in [0.15, 0.2) is 0 Å². The lowest BCUT2D eigenvalue weighted by Crippen LogP contribution is -2.21. The molecule has 3 rings (SSSR count). The number of furan rings is 1. The molecule has 122 valence electrons. The van der Waals surface area contributed by atoms with Crippen molar-refractivity contribution >= 4 is 28.8 Å². The minimum Gasteiger partial charge on any atom is -0.489 e. The SMILES string of the molecule is S=C(NCc1ccco1)c1ccc(OCc2ccccc2Cl)cc1. The molecule has 0 unspecified atom stereocenters. The van der Waals surface area contributed by atoms with Crippen LogP contribution in [0.5, 0.6) is 5.75 Å². The largest absolute Gasteiger partial charge is 0.489 e. The second kappa shape index (κ2) is 7.99. The van der Waals surface area contributed by atoms with Crippen molar-refractivity contribution in [2.45, 2.75) is 13.2 Å². The van der Waals surface area contributed by atoms with Crippen molar-refractivity contribution in [3.8, 4) is 5.75 Å². The van der Waals surface area contributed by atoms with E-state index in [9.17, 15) is 0 Å². The maximum absolute atomic E-state index is 6.12. The zero-order valence-electron chi connectivity index (χ0n) is 12.9. The molecule has 0 bridgehead atoms. The van der Waals surface area contributed by atoms with Gasteiger partial charge < -0.3 is 14.5 Å². The first-order valence-electron chi connectivity index (χ1n) is 7.49. The number of benzene rings is 2. The van der Waals surface area contributed by atoms with Crippen LogP contribution in [0, 0.1) is 0 Å². The zero-order valence-corrected chi connectivity index (χ0v) is 14.4. The molecule has 0 amide bonds. The van der Waals surface area contributed by atoms with Gasteiger partial charge in [0.25, 0.3) is 0 Å². The molecule has 3 nitrogen and oxygen atoms in total. The molecule has 0 aliphatic carbocycles. The molecule has 1 N–H and O–H groups in total. The molecule has 0 saturated heterocycles. The summed E-state index contributed by atoms with van der Waals surface area (Å²) < 4.78 is 11.0. The lowest BCUT2D eigenvalue weighted by atomic mass is 10.2. The molecule has 0 atom stereocenters. The van der Waals surface area contributed by atoms with E-state index in [1.807, 2.05) is 60.7 Å². The summed E-state index contributed by atoms with van der Waals surface area (Å²) in [5, 5.41) is 3.87. The van der Waals surface area contributed by atoms with Crippen LogP contribution in [0.15, 0.2) is 71.3 Å². The van der Waals surface area contributed by atoms with Crippen LogP contribution in [-0.2, 0) is 13.2 Å². The molecule has 24 heavy (non-hydrogen) atoms. The summed E-state index contributed by atoms with van der Waals surface area (Å²) in [6, 6.07) is 19.1. The topological polar surface area (TPSA) is 34.4 Å². The van der Waals surface area contributed by atoms with Gasteiger partial charge in [0, 0.05) is 16.1 Å². The molecule has 5 heteroatoms. The van der Waals surface area contributed by atoms with E-state index in [0.29, 0.717) is 23.2 Å². The van der Waals surface area contributed by atoms with Crippen LogP contribution in [-0.4, -0.2) is 4.99 Å². The Kier molecular flexibility index (Phi) is 5.51. The highest BCUT2D eigenvalue weighted by atomic mass is 35.5. The van der Waals surface area contributed by atoms with Gasteiger partial charge in [0.05, 0.1) is 12.8 Å². The van der Waals surface area contributed by atoms with Crippen molar-refractivity contribution in [1.29, 1.82) is 0 Å². The Morgan fingerprint density at radius 2 is 1.83 bits per heavy atom. The fraction of sp³-hybridized carbons (Fsp3) is 0.105. The van der Waals surface area contributed by atoms with Crippen LogP contribution >= 0.6 is 23.8 Å². The van der Waals surface area contributed by atoms with E-state index >= 15 is 0 Å². The number of nitrogens with one attached hydrogen (secondary N) is 1. The van der Waals surface area contributed by atoms with Crippen LogP contribution < -0.4 is 10.1 Å². The third-order valence-corrected chi connectivity index (χ3v) is 4.22. The standard InChI is InChI=1S/C19H16ClNO2S/c20-18-6-2-1-4-15(18)13-23-16-9-7-14(8-10-16)19(24)21-12-17-5-3-11-22-17/h1-11H,12-13H2,(H,21,24). The first-order chi connectivity index (χ1) is 11.7.